The molecule has 0 aliphatic carbocycles. The molecule has 0 aromatic rings. The SMILES string of the molecule is OCC12COCC1COC2. The van der Waals surface area contributed by atoms with Gasteiger partial charge >= 0.3 is 0 Å². The summed E-state index contributed by atoms with van der Waals surface area (Å²) in [5.74, 6) is 0.442. The number of hydrogen-bond acceptors (Lipinski definition) is 3. The number of aliphatic hydroxyl groups excluding tert-OH is 1. The molecule has 0 bridgehead atoms. The van der Waals surface area contributed by atoms with Crippen molar-refractivity contribution in [1.29, 1.82) is 0 Å². The van der Waals surface area contributed by atoms with E-state index >= 15 is 0 Å². The lowest BCUT2D eigenvalue weighted by Crippen LogP contribution is -2.32. The molecule has 2 heterocycles. The Kier molecular flexibility index (Phi) is 1.44. The van der Waals surface area contributed by atoms with Crippen LogP contribution in [0.25, 0.3) is 0 Å². The first-order chi connectivity index (χ1) is 4.87. The average Bonchev–Trinajstić information content (AvgIpc) is 2.42. The monoisotopic (exact) mass is 144 g/mol. The summed E-state index contributed by atoms with van der Waals surface area (Å²) in [6.45, 7) is 3.08. The van der Waals surface area contributed by atoms with E-state index in [4.69, 9.17) is 14.6 Å². The highest BCUT2D eigenvalue weighted by molar-refractivity contribution is 4.93. The van der Waals surface area contributed by atoms with Crippen LogP contribution in [0.2, 0.25) is 0 Å². The maximum Gasteiger partial charge on any atom is 0.0571 e. The van der Waals surface area contributed by atoms with Gasteiger partial charge in [-0.05, 0) is 0 Å². The number of fused-ring (bicyclic) bond motifs is 1. The number of aliphatic hydroxyl groups is 1. The Labute approximate surface area is 59.9 Å². The fourth-order valence-electron chi connectivity index (χ4n) is 1.71. The molecular formula is C7H12O3. The smallest absolute Gasteiger partial charge is 0.0571 e. The Balaban J connectivity index is 2.15. The highest BCUT2D eigenvalue weighted by Gasteiger charge is 2.47. The summed E-state index contributed by atoms with van der Waals surface area (Å²) in [4.78, 5) is 0. The maximum absolute atomic E-state index is 9.07. The highest BCUT2D eigenvalue weighted by Crippen LogP contribution is 2.39. The zero-order valence-electron chi connectivity index (χ0n) is 5.88. The van der Waals surface area contributed by atoms with E-state index in [9.17, 15) is 0 Å². The molecule has 0 aromatic carbocycles. The molecular weight excluding hydrogens is 132 g/mol. The van der Waals surface area contributed by atoms with Crippen LogP contribution >= 0.6 is 0 Å². The third kappa shape index (κ3) is 0.713. The molecule has 0 unspecified atom stereocenters. The van der Waals surface area contributed by atoms with Crippen molar-refractivity contribution >= 4 is 0 Å². The summed E-state index contributed by atoms with van der Waals surface area (Å²) in [6, 6.07) is 0. The van der Waals surface area contributed by atoms with Gasteiger partial charge in [-0.1, -0.05) is 0 Å². The summed E-state index contributed by atoms with van der Waals surface area (Å²) in [7, 11) is 0. The largest absolute Gasteiger partial charge is 0.396 e. The summed E-state index contributed by atoms with van der Waals surface area (Å²) in [5, 5.41) is 9.07. The van der Waals surface area contributed by atoms with Gasteiger partial charge in [-0.15, -0.1) is 0 Å². The van der Waals surface area contributed by atoms with Gasteiger partial charge in [-0.3, -0.25) is 0 Å². The van der Waals surface area contributed by atoms with E-state index in [1.165, 1.54) is 0 Å². The molecule has 3 heteroatoms. The van der Waals surface area contributed by atoms with Crippen LogP contribution in [0, 0.1) is 11.3 Å². The van der Waals surface area contributed by atoms with Gasteiger partial charge in [0.05, 0.1) is 33.0 Å². The van der Waals surface area contributed by atoms with Crippen molar-refractivity contribution < 1.29 is 14.6 Å². The molecule has 0 spiro atoms. The van der Waals surface area contributed by atoms with Crippen LogP contribution in [0.5, 0.6) is 0 Å². The first kappa shape index (κ1) is 6.58. The minimum absolute atomic E-state index is 0.0417. The van der Waals surface area contributed by atoms with Crippen molar-refractivity contribution in [3.63, 3.8) is 0 Å². The second-order valence-corrected chi connectivity index (χ2v) is 3.25. The quantitative estimate of drug-likeness (QED) is 0.546. The standard InChI is InChI=1S/C7H12O3/c8-3-7-4-9-1-6(7)2-10-5-7/h6,8H,1-5H2. The van der Waals surface area contributed by atoms with Crippen molar-refractivity contribution in [2.75, 3.05) is 33.0 Å². The normalized spacial score (nSPS) is 45.9. The third-order valence-corrected chi connectivity index (χ3v) is 2.60. The molecule has 58 valence electrons. The van der Waals surface area contributed by atoms with Crippen LogP contribution in [-0.4, -0.2) is 38.1 Å². The maximum atomic E-state index is 9.07. The van der Waals surface area contributed by atoms with E-state index in [2.05, 4.69) is 0 Å². The van der Waals surface area contributed by atoms with E-state index in [1.54, 1.807) is 0 Å². The van der Waals surface area contributed by atoms with Crippen LogP contribution in [0.15, 0.2) is 0 Å². The second kappa shape index (κ2) is 2.19. The lowest BCUT2D eigenvalue weighted by molar-refractivity contribution is 0.0508. The highest BCUT2D eigenvalue weighted by atomic mass is 16.5. The van der Waals surface area contributed by atoms with Gasteiger partial charge in [0, 0.05) is 11.3 Å². The van der Waals surface area contributed by atoms with Gasteiger partial charge in [0.25, 0.3) is 0 Å². The molecule has 0 amide bonds. The van der Waals surface area contributed by atoms with E-state index in [0.29, 0.717) is 19.1 Å². The van der Waals surface area contributed by atoms with Gasteiger partial charge in [-0.25, -0.2) is 0 Å². The lowest BCUT2D eigenvalue weighted by atomic mass is 9.82. The Bertz CT molecular complexity index is 125. The predicted octanol–water partition coefficient (Wildman–Crippen LogP) is -0.358. The minimum Gasteiger partial charge on any atom is -0.396 e. The zero-order valence-corrected chi connectivity index (χ0v) is 5.88. The zero-order chi connectivity index (χ0) is 7.03. The molecule has 0 saturated carbocycles. The Morgan fingerprint density at radius 2 is 1.90 bits per heavy atom. The van der Waals surface area contributed by atoms with Gasteiger partial charge in [0.1, 0.15) is 0 Å². The molecule has 10 heavy (non-hydrogen) atoms. The van der Waals surface area contributed by atoms with E-state index in [1.807, 2.05) is 0 Å². The Morgan fingerprint density at radius 3 is 2.30 bits per heavy atom. The predicted molar refractivity (Wildman–Crippen MR) is 34.6 cm³/mol. The van der Waals surface area contributed by atoms with E-state index in [-0.39, 0.29) is 12.0 Å². The lowest BCUT2D eigenvalue weighted by Gasteiger charge is -2.21. The van der Waals surface area contributed by atoms with Gasteiger partial charge in [0.15, 0.2) is 0 Å². The molecule has 0 atom stereocenters. The molecule has 2 rings (SSSR count). The van der Waals surface area contributed by atoms with Crippen molar-refractivity contribution in [3.05, 3.63) is 0 Å². The van der Waals surface area contributed by atoms with Gasteiger partial charge in [-0.2, -0.15) is 0 Å². The molecule has 2 fully saturated rings. The number of rotatable bonds is 1. The first-order valence-corrected chi connectivity index (χ1v) is 3.64. The fraction of sp³-hybridized carbons (Fsp3) is 1.00. The molecule has 3 nitrogen and oxygen atoms in total. The summed E-state index contributed by atoms with van der Waals surface area (Å²) in [5.41, 5.74) is -0.0417. The van der Waals surface area contributed by atoms with Crippen LogP contribution < -0.4 is 0 Å². The van der Waals surface area contributed by atoms with Crippen LogP contribution in [-0.2, 0) is 9.47 Å². The number of hydrogen-bond donors (Lipinski definition) is 1. The van der Waals surface area contributed by atoms with Gasteiger partial charge < -0.3 is 14.6 Å². The van der Waals surface area contributed by atoms with Crippen LogP contribution in [0.3, 0.4) is 0 Å². The van der Waals surface area contributed by atoms with E-state index in [0.717, 1.165) is 13.2 Å². The topological polar surface area (TPSA) is 38.7 Å². The Hall–Kier alpha value is -0.120. The van der Waals surface area contributed by atoms with E-state index < -0.39 is 0 Å². The Morgan fingerprint density at radius 1 is 1.30 bits per heavy atom. The third-order valence-electron chi connectivity index (χ3n) is 2.60. The second-order valence-electron chi connectivity index (χ2n) is 3.25. The first-order valence-electron chi connectivity index (χ1n) is 3.64. The minimum atomic E-state index is -0.0417. The fourth-order valence-corrected chi connectivity index (χ4v) is 1.71. The molecule has 1 N–H and O–H groups in total. The van der Waals surface area contributed by atoms with Crippen LogP contribution in [0.4, 0.5) is 0 Å². The summed E-state index contributed by atoms with van der Waals surface area (Å²) in [6.07, 6.45) is 0. The van der Waals surface area contributed by atoms with Crippen molar-refractivity contribution in [2.45, 2.75) is 0 Å². The molecule has 2 saturated heterocycles. The summed E-state index contributed by atoms with van der Waals surface area (Å²) < 4.78 is 10.5. The van der Waals surface area contributed by atoms with Crippen molar-refractivity contribution in [2.24, 2.45) is 11.3 Å². The van der Waals surface area contributed by atoms with Crippen molar-refractivity contribution in [3.8, 4) is 0 Å². The molecule has 2 aliphatic rings. The van der Waals surface area contributed by atoms with Crippen molar-refractivity contribution in [1.82, 2.24) is 0 Å². The molecule has 2 aliphatic heterocycles. The average molecular weight is 144 g/mol. The number of ether oxygens (including phenoxy) is 2. The van der Waals surface area contributed by atoms with Crippen LogP contribution in [0.1, 0.15) is 0 Å². The van der Waals surface area contributed by atoms with Gasteiger partial charge in [0.2, 0.25) is 0 Å². The molecule has 0 aromatic heterocycles. The summed E-state index contributed by atoms with van der Waals surface area (Å²) >= 11 is 0. The molecule has 0 radical (unpaired) electrons.